The summed E-state index contributed by atoms with van der Waals surface area (Å²) in [7, 11) is 0. The maximum atomic E-state index is 12.2. The molecule has 5 heteroatoms. The van der Waals surface area contributed by atoms with Crippen LogP contribution < -0.4 is 11.1 Å². The number of rotatable bonds is 4. The molecule has 1 saturated carbocycles. The van der Waals surface area contributed by atoms with Crippen LogP contribution in [0.3, 0.4) is 0 Å². The summed E-state index contributed by atoms with van der Waals surface area (Å²) in [4.78, 5) is 14.6. The molecule has 2 fully saturated rings. The number of morpholine rings is 1. The van der Waals surface area contributed by atoms with Crippen LogP contribution >= 0.6 is 0 Å². The number of carbonyl (C=O) groups excluding carboxylic acids is 1. The van der Waals surface area contributed by atoms with E-state index in [0.29, 0.717) is 25.1 Å². The Balaban J connectivity index is 1.97. The molecule has 5 nitrogen and oxygen atoms in total. The number of carbonyl (C=O) groups is 1. The number of nitrogens with one attached hydrogen (secondary N) is 1. The van der Waals surface area contributed by atoms with Gasteiger partial charge in [0.2, 0.25) is 5.91 Å². The Morgan fingerprint density at radius 2 is 2.10 bits per heavy atom. The minimum Gasteiger partial charge on any atom is -0.375 e. The van der Waals surface area contributed by atoms with E-state index in [9.17, 15) is 4.79 Å². The lowest BCUT2D eigenvalue weighted by atomic mass is 9.88. The monoisotopic (exact) mass is 297 g/mol. The minimum atomic E-state index is -0.186. The molecule has 0 aromatic heterocycles. The third kappa shape index (κ3) is 4.66. The van der Waals surface area contributed by atoms with Gasteiger partial charge in [-0.05, 0) is 33.6 Å². The van der Waals surface area contributed by atoms with Crippen molar-refractivity contribution in [2.75, 3.05) is 19.7 Å². The molecule has 1 saturated heterocycles. The molecule has 1 heterocycles. The third-order valence-corrected chi connectivity index (χ3v) is 4.45. The molecule has 0 aromatic carbocycles. The van der Waals surface area contributed by atoms with Gasteiger partial charge in [-0.25, -0.2) is 0 Å². The lowest BCUT2D eigenvalue weighted by molar-refractivity contribution is -0.128. The van der Waals surface area contributed by atoms with Crippen molar-refractivity contribution in [3.8, 4) is 0 Å². The van der Waals surface area contributed by atoms with E-state index in [1.807, 2.05) is 20.8 Å². The van der Waals surface area contributed by atoms with E-state index in [0.717, 1.165) is 19.6 Å². The quantitative estimate of drug-likeness (QED) is 0.820. The van der Waals surface area contributed by atoms with Gasteiger partial charge in [0.1, 0.15) is 0 Å². The zero-order chi connectivity index (χ0) is 15.5. The van der Waals surface area contributed by atoms with Crippen LogP contribution in [-0.4, -0.2) is 54.2 Å². The average molecular weight is 297 g/mol. The molecule has 1 aliphatic heterocycles. The predicted molar refractivity (Wildman–Crippen MR) is 84.1 cm³/mol. The van der Waals surface area contributed by atoms with Crippen LogP contribution in [0, 0.1) is 0 Å². The molecule has 2 rings (SSSR count). The van der Waals surface area contributed by atoms with E-state index in [1.165, 1.54) is 19.3 Å². The molecule has 3 atom stereocenters. The van der Waals surface area contributed by atoms with Gasteiger partial charge in [-0.1, -0.05) is 12.8 Å². The van der Waals surface area contributed by atoms with Gasteiger partial charge in [0.05, 0.1) is 12.7 Å². The molecule has 1 aliphatic carbocycles. The van der Waals surface area contributed by atoms with Crippen LogP contribution in [0.25, 0.3) is 0 Å². The number of hydrogen-bond acceptors (Lipinski definition) is 4. The molecule has 0 aromatic rings. The molecule has 21 heavy (non-hydrogen) atoms. The molecular formula is C16H31N3O2. The van der Waals surface area contributed by atoms with Gasteiger partial charge in [-0.2, -0.15) is 0 Å². The Kier molecular flexibility index (Phi) is 5.63. The Labute approximate surface area is 128 Å². The van der Waals surface area contributed by atoms with E-state index < -0.39 is 0 Å². The summed E-state index contributed by atoms with van der Waals surface area (Å²) >= 11 is 0. The zero-order valence-corrected chi connectivity index (χ0v) is 13.7. The lowest BCUT2D eigenvalue weighted by Crippen LogP contribution is -2.59. The highest BCUT2D eigenvalue weighted by Gasteiger charge is 2.37. The van der Waals surface area contributed by atoms with E-state index in [-0.39, 0.29) is 17.5 Å². The Morgan fingerprint density at radius 1 is 1.38 bits per heavy atom. The fraction of sp³-hybridized carbons (Fsp3) is 0.938. The normalized spacial score (nSPS) is 28.8. The smallest absolute Gasteiger partial charge is 0.222 e. The first-order chi connectivity index (χ1) is 9.90. The van der Waals surface area contributed by atoms with Crippen molar-refractivity contribution in [1.29, 1.82) is 0 Å². The number of ether oxygens (including phenoxy) is 1. The van der Waals surface area contributed by atoms with E-state index in [2.05, 4.69) is 10.2 Å². The van der Waals surface area contributed by atoms with Gasteiger partial charge < -0.3 is 15.8 Å². The number of amides is 1. The molecule has 0 spiro atoms. The predicted octanol–water partition coefficient (Wildman–Crippen LogP) is 1.26. The van der Waals surface area contributed by atoms with E-state index in [4.69, 9.17) is 10.5 Å². The van der Waals surface area contributed by atoms with Crippen LogP contribution in [0.5, 0.6) is 0 Å². The molecule has 3 N–H and O–H groups in total. The SMILES string of the molecule is CC(C)(C)NC(=O)CC(CN)N1CCOC2CCCCC21. The maximum Gasteiger partial charge on any atom is 0.222 e. The minimum absolute atomic E-state index is 0.0943. The van der Waals surface area contributed by atoms with Gasteiger partial charge in [0.15, 0.2) is 0 Å². The third-order valence-electron chi connectivity index (χ3n) is 4.45. The highest BCUT2D eigenvalue weighted by atomic mass is 16.5. The first kappa shape index (κ1) is 16.7. The van der Waals surface area contributed by atoms with Crippen LogP contribution in [-0.2, 0) is 9.53 Å². The fourth-order valence-corrected chi connectivity index (χ4v) is 3.60. The molecular weight excluding hydrogens is 266 g/mol. The Bertz CT molecular complexity index is 352. The van der Waals surface area contributed by atoms with E-state index >= 15 is 0 Å². The average Bonchev–Trinajstić information content (AvgIpc) is 2.42. The number of nitrogens with two attached hydrogens (primary N) is 1. The first-order valence-electron chi connectivity index (χ1n) is 8.29. The fourth-order valence-electron chi connectivity index (χ4n) is 3.60. The van der Waals surface area contributed by atoms with Crippen LogP contribution in [0.4, 0.5) is 0 Å². The second-order valence-electron chi connectivity index (χ2n) is 7.39. The van der Waals surface area contributed by atoms with Crippen molar-refractivity contribution in [3.05, 3.63) is 0 Å². The second-order valence-corrected chi connectivity index (χ2v) is 7.39. The molecule has 0 radical (unpaired) electrons. The summed E-state index contributed by atoms with van der Waals surface area (Å²) < 4.78 is 5.91. The molecule has 1 amide bonds. The molecule has 3 unspecified atom stereocenters. The van der Waals surface area contributed by atoms with Gasteiger partial charge in [0, 0.05) is 37.1 Å². The largest absolute Gasteiger partial charge is 0.375 e. The Morgan fingerprint density at radius 3 is 2.76 bits per heavy atom. The van der Waals surface area contributed by atoms with Crippen molar-refractivity contribution in [2.24, 2.45) is 5.73 Å². The van der Waals surface area contributed by atoms with Crippen molar-refractivity contribution in [2.45, 2.75) is 76.6 Å². The van der Waals surface area contributed by atoms with Crippen molar-refractivity contribution in [1.82, 2.24) is 10.2 Å². The van der Waals surface area contributed by atoms with Gasteiger partial charge in [-0.3, -0.25) is 9.69 Å². The second kappa shape index (κ2) is 7.07. The number of nitrogens with zero attached hydrogens (tertiary/aromatic N) is 1. The van der Waals surface area contributed by atoms with Crippen LogP contribution in [0.1, 0.15) is 52.9 Å². The molecule has 2 aliphatic rings. The van der Waals surface area contributed by atoms with Gasteiger partial charge in [0.25, 0.3) is 0 Å². The number of fused-ring (bicyclic) bond motifs is 1. The topological polar surface area (TPSA) is 67.6 Å². The molecule has 0 bridgehead atoms. The Hall–Kier alpha value is -0.650. The highest BCUT2D eigenvalue weighted by molar-refractivity contribution is 5.77. The lowest BCUT2D eigenvalue weighted by Gasteiger charge is -2.47. The summed E-state index contributed by atoms with van der Waals surface area (Å²) in [6.45, 7) is 8.21. The number of hydrogen-bond donors (Lipinski definition) is 2. The summed E-state index contributed by atoms with van der Waals surface area (Å²) in [6, 6.07) is 0.574. The van der Waals surface area contributed by atoms with Gasteiger partial charge in [-0.15, -0.1) is 0 Å². The van der Waals surface area contributed by atoms with Crippen LogP contribution in [0.15, 0.2) is 0 Å². The summed E-state index contributed by atoms with van der Waals surface area (Å²) in [6.07, 6.45) is 5.65. The zero-order valence-electron chi connectivity index (χ0n) is 13.7. The summed E-state index contributed by atoms with van der Waals surface area (Å²) in [5.41, 5.74) is 5.79. The van der Waals surface area contributed by atoms with Crippen LogP contribution in [0.2, 0.25) is 0 Å². The summed E-state index contributed by atoms with van der Waals surface area (Å²) in [5.74, 6) is 0.0943. The summed E-state index contributed by atoms with van der Waals surface area (Å²) in [5, 5.41) is 3.04. The maximum absolute atomic E-state index is 12.2. The van der Waals surface area contributed by atoms with Gasteiger partial charge >= 0.3 is 0 Å². The van der Waals surface area contributed by atoms with Crippen molar-refractivity contribution < 1.29 is 9.53 Å². The molecule has 122 valence electrons. The standard InChI is InChI=1S/C16H31N3O2/c1-16(2,3)18-15(20)10-12(11-17)19-8-9-21-14-7-5-4-6-13(14)19/h12-14H,4-11,17H2,1-3H3,(H,18,20). The van der Waals surface area contributed by atoms with Crippen molar-refractivity contribution in [3.63, 3.8) is 0 Å². The van der Waals surface area contributed by atoms with E-state index in [1.54, 1.807) is 0 Å². The first-order valence-corrected chi connectivity index (χ1v) is 8.29. The highest BCUT2D eigenvalue weighted by Crippen LogP contribution is 2.30. The van der Waals surface area contributed by atoms with Crippen molar-refractivity contribution >= 4 is 5.91 Å².